The quantitative estimate of drug-likeness (QED) is 0.625. The molecular formula is C19H32N2O3S. The molecule has 142 valence electrons. The van der Waals surface area contributed by atoms with Gasteiger partial charge in [0.2, 0.25) is 5.91 Å². The zero-order valence-electron chi connectivity index (χ0n) is 15.6. The molecule has 1 aromatic rings. The highest BCUT2D eigenvalue weighted by Crippen LogP contribution is 2.22. The Morgan fingerprint density at radius 3 is 2.16 bits per heavy atom. The monoisotopic (exact) mass is 368 g/mol. The summed E-state index contributed by atoms with van der Waals surface area (Å²) >= 11 is 0. The second kappa shape index (κ2) is 9.34. The second-order valence-electron chi connectivity index (χ2n) is 6.88. The standard InChI is InChI=1S/C19H32N2O3S/c1-4-8-17(9-5-2)25(23,24)14-19(21,18(20)22)13-16-11-7-10-15(6-3)12-16/h7,10-12,17H,4-6,8-9,13-14,21H2,1-3H3,(H2,20,22). The summed E-state index contributed by atoms with van der Waals surface area (Å²) in [6, 6.07) is 7.68. The van der Waals surface area contributed by atoms with E-state index in [9.17, 15) is 13.2 Å². The van der Waals surface area contributed by atoms with Crippen molar-refractivity contribution in [3.63, 3.8) is 0 Å². The van der Waals surface area contributed by atoms with E-state index in [4.69, 9.17) is 11.5 Å². The van der Waals surface area contributed by atoms with E-state index in [2.05, 4.69) is 0 Å². The number of sulfone groups is 1. The molecule has 1 aromatic carbocycles. The van der Waals surface area contributed by atoms with Gasteiger partial charge in [-0.2, -0.15) is 0 Å². The Balaban J connectivity index is 3.09. The summed E-state index contributed by atoms with van der Waals surface area (Å²) in [4.78, 5) is 12.0. The van der Waals surface area contributed by atoms with Gasteiger partial charge in [0.25, 0.3) is 0 Å². The summed E-state index contributed by atoms with van der Waals surface area (Å²) < 4.78 is 25.7. The molecule has 25 heavy (non-hydrogen) atoms. The van der Waals surface area contributed by atoms with Crippen molar-refractivity contribution in [2.45, 2.75) is 70.1 Å². The number of rotatable bonds is 11. The normalized spacial score (nSPS) is 14.4. The van der Waals surface area contributed by atoms with Crippen molar-refractivity contribution in [1.82, 2.24) is 0 Å². The summed E-state index contributed by atoms with van der Waals surface area (Å²) in [7, 11) is -3.51. The lowest BCUT2D eigenvalue weighted by molar-refractivity contribution is -0.122. The fourth-order valence-corrected chi connectivity index (χ4v) is 5.54. The Hall–Kier alpha value is -1.40. The number of primary amides is 1. The van der Waals surface area contributed by atoms with Gasteiger partial charge >= 0.3 is 0 Å². The van der Waals surface area contributed by atoms with Crippen LogP contribution in [-0.2, 0) is 27.5 Å². The van der Waals surface area contributed by atoms with Gasteiger partial charge < -0.3 is 11.5 Å². The number of carbonyl (C=O) groups is 1. The number of nitrogens with two attached hydrogens (primary N) is 2. The van der Waals surface area contributed by atoms with Crippen LogP contribution in [0.2, 0.25) is 0 Å². The van der Waals surface area contributed by atoms with Crippen molar-refractivity contribution < 1.29 is 13.2 Å². The van der Waals surface area contributed by atoms with Crippen molar-refractivity contribution in [3.05, 3.63) is 35.4 Å². The van der Waals surface area contributed by atoms with E-state index >= 15 is 0 Å². The number of carbonyl (C=O) groups excluding carboxylic acids is 1. The number of hydrogen-bond donors (Lipinski definition) is 2. The second-order valence-corrected chi connectivity index (χ2v) is 9.16. The Labute approximate surface area is 152 Å². The summed E-state index contributed by atoms with van der Waals surface area (Å²) in [5, 5.41) is -0.466. The van der Waals surface area contributed by atoms with Gasteiger partial charge in [-0.25, -0.2) is 8.42 Å². The zero-order valence-corrected chi connectivity index (χ0v) is 16.4. The Kier molecular flexibility index (Phi) is 8.09. The van der Waals surface area contributed by atoms with E-state index in [1.165, 1.54) is 0 Å². The smallest absolute Gasteiger partial charge is 0.238 e. The summed E-state index contributed by atoms with van der Waals surface area (Å²) in [5.41, 5.74) is 12.1. The summed E-state index contributed by atoms with van der Waals surface area (Å²) in [6.07, 6.45) is 3.69. The maximum atomic E-state index is 12.9. The topological polar surface area (TPSA) is 103 Å². The molecule has 1 atom stereocenters. The molecule has 0 bridgehead atoms. The zero-order chi connectivity index (χ0) is 19.1. The fourth-order valence-electron chi connectivity index (χ4n) is 3.16. The highest BCUT2D eigenvalue weighted by molar-refractivity contribution is 7.92. The lowest BCUT2D eigenvalue weighted by Gasteiger charge is -2.28. The average molecular weight is 369 g/mol. The molecule has 0 fully saturated rings. The fraction of sp³-hybridized carbons (Fsp3) is 0.632. The number of amides is 1. The predicted octanol–water partition coefficient (Wildman–Crippen LogP) is 2.36. The summed E-state index contributed by atoms with van der Waals surface area (Å²) in [5.74, 6) is -1.18. The predicted molar refractivity (Wildman–Crippen MR) is 103 cm³/mol. The van der Waals surface area contributed by atoms with Crippen molar-refractivity contribution >= 4 is 15.7 Å². The van der Waals surface area contributed by atoms with Crippen LogP contribution in [0.15, 0.2) is 24.3 Å². The van der Waals surface area contributed by atoms with Crippen LogP contribution >= 0.6 is 0 Å². The molecule has 0 saturated heterocycles. The molecule has 1 rings (SSSR count). The van der Waals surface area contributed by atoms with Crippen LogP contribution in [0.5, 0.6) is 0 Å². The van der Waals surface area contributed by atoms with Gasteiger partial charge in [0, 0.05) is 6.42 Å². The molecule has 0 spiro atoms. The van der Waals surface area contributed by atoms with Gasteiger partial charge in [-0.05, 0) is 30.4 Å². The first-order valence-electron chi connectivity index (χ1n) is 9.06. The van der Waals surface area contributed by atoms with E-state index in [0.29, 0.717) is 12.8 Å². The molecule has 0 heterocycles. The van der Waals surface area contributed by atoms with E-state index in [1.54, 1.807) is 0 Å². The minimum Gasteiger partial charge on any atom is -0.368 e. The third-order valence-corrected chi connectivity index (χ3v) is 7.00. The van der Waals surface area contributed by atoms with Crippen LogP contribution in [0.3, 0.4) is 0 Å². The number of benzene rings is 1. The molecular weight excluding hydrogens is 336 g/mol. The molecule has 5 nitrogen and oxygen atoms in total. The number of hydrogen-bond acceptors (Lipinski definition) is 4. The van der Waals surface area contributed by atoms with Gasteiger partial charge in [0.1, 0.15) is 5.54 Å². The van der Waals surface area contributed by atoms with E-state index in [1.807, 2.05) is 45.0 Å². The Morgan fingerprint density at radius 2 is 1.68 bits per heavy atom. The first-order chi connectivity index (χ1) is 11.7. The molecule has 0 radical (unpaired) electrons. The maximum Gasteiger partial charge on any atom is 0.238 e. The van der Waals surface area contributed by atoms with E-state index < -0.39 is 32.3 Å². The lowest BCUT2D eigenvalue weighted by atomic mass is 9.92. The molecule has 0 aliphatic heterocycles. The first-order valence-corrected chi connectivity index (χ1v) is 10.8. The first kappa shape index (κ1) is 21.6. The molecule has 1 unspecified atom stereocenters. The molecule has 0 aliphatic carbocycles. The lowest BCUT2D eigenvalue weighted by Crippen LogP contribution is -2.59. The van der Waals surface area contributed by atoms with Crippen molar-refractivity contribution in [3.8, 4) is 0 Å². The average Bonchev–Trinajstić information content (AvgIpc) is 2.54. The molecule has 4 N–H and O–H groups in total. The van der Waals surface area contributed by atoms with Gasteiger partial charge in [-0.3, -0.25) is 4.79 Å². The van der Waals surface area contributed by atoms with E-state index in [-0.39, 0.29) is 6.42 Å². The minimum absolute atomic E-state index is 0.125. The highest BCUT2D eigenvalue weighted by atomic mass is 32.2. The Bertz CT molecular complexity index is 667. The largest absolute Gasteiger partial charge is 0.368 e. The molecule has 0 saturated carbocycles. The molecule has 6 heteroatoms. The van der Waals surface area contributed by atoms with Gasteiger partial charge in [0.05, 0.1) is 11.0 Å². The van der Waals surface area contributed by atoms with Crippen molar-refractivity contribution in [2.75, 3.05) is 5.75 Å². The summed E-state index contributed by atoms with van der Waals surface area (Å²) in [6.45, 7) is 5.95. The van der Waals surface area contributed by atoms with Crippen molar-refractivity contribution in [2.24, 2.45) is 11.5 Å². The van der Waals surface area contributed by atoms with Crippen molar-refractivity contribution in [1.29, 1.82) is 0 Å². The highest BCUT2D eigenvalue weighted by Gasteiger charge is 2.40. The minimum atomic E-state index is -3.51. The van der Waals surface area contributed by atoms with Crippen LogP contribution in [0, 0.1) is 0 Å². The molecule has 1 amide bonds. The SMILES string of the molecule is CCCC(CCC)S(=O)(=O)CC(N)(Cc1cccc(CC)c1)C(N)=O. The molecule has 0 aliphatic rings. The van der Waals surface area contributed by atoms with Crippen LogP contribution in [-0.4, -0.2) is 30.9 Å². The van der Waals surface area contributed by atoms with Crippen LogP contribution < -0.4 is 11.5 Å². The van der Waals surface area contributed by atoms with Crippen LogP contribution in [0.1, 0.15) is 57.6 Å². The van der Waals surface area contributed by atoms with Gasteiger partial charge in [-0.1, -0.05) is 57.9 Å². The van der Waals surface area contributed by atoms with E-state index in [0.717, 1.165) is 30.4 Å². The third-order valence-electron chi connectivity index (χ3n) is 4.60. The Morgan fingerprint density at radius 1 is 1.12 bits per heavy atom. The maximum absolute atomic E-state index is 12.9. The van der Waals surface area contributed by atoms with Gasteiger partial charge in [-0.15, -0.1) is 0 Å². The van der Waals surface area contributed by atoms with Gasteiger partial charge in [0.15, 0.2) is 9.84 Å². The number of aryl methyl sites for hydroxylation is 1. The van der Waals surface area contributed by atoms with Crippen LogP contribution in [0.25, 0.3) is 0 Å². The third kappa shape index (κ3) is 6.12. The van der Waals surface area contributed by atoms with Crippen LogP contribution in [0.4, 0.5) is 0 Å². The molecule has 0 aromatic heterocycles.